The fourth-order valence-corrected chi connectivity index (χ4v) is 1.69. The molecule has 0 N–H and O–H groups in total. The van der Waals surface area contributed by atoms with E-state index in [1.807, 2.05) is 20.8 Å². The van der Waals surface area contributed by atoms with Crippen molar-refractivity contribution in [2.24, 2.45) is 0 Å². The molecule has 1 heterocycles. The molecule has 2 nitrogen and oxygen atoms in total. The highest BCUT2D eigenvalue weighted by molar-refractivity contribution is 14.1. The van der Waals surface area contributed by atoms with E-state index < -0.39 is 3.79 Å². The SMILES string of the molecule is CC1OC(C)(I)OC1C. The Morgan fingerprint density at radius 2 is 1.56 bits per heavy atom. The van der Waals surface area contributed by atoms with Crippen LogP contribution in [0, 0.1) is 0 Å². The minimum absolute atomic E-state index is 0.229. The van der Waals surface area contributed by atoms with Gasteiger partial charge in [0.15, 0.2) is 0 Å². The number of halogens is 1. The van der Waals surface area contributed by atoms with Crippen LogP contribution in [0.15, 0.2) is 0 Å². The van der Waals surface area contributed by atoms with Gasteiger partial charge in [-0.05, 0) is 43.4 Å². The van der Waals surface area contributed by atoms with Crippen molar-refractivity contribution in [3.63, 3.8) is 0 Å². The summed E-state index contributed by atoms with van der Waals surface area (Å²) in [7, 11) is 0. The van der Waals surface area contributed by atoms with E-state index in [-0.39, 0.29) is 12.2 Å². The first kappa shape index (κ1) is 7.75. The molecule has 9 heavy (non-hydrogen) atoms. The molecule has 0 aromatic rings. The highest BCUT2D eigenvalue weighted by atomic mass is 127. The lowest BCUT2D eigenvalue weighted by Gasteiger charge is -2.13. The lowest BCUT2D eigenvalue weighted by atomic mass is 10.3. The van der Waals surface area contributed by atoms with Gasteiger partial charge in [-0.1, -0.05) is 0 Å². The first-order valence-electron chi connectivity index (χ1n) is 3.06. The Hall–Kier alpha value is 0.650. The van der Waals surface area contributed by atoms with E-state index in [0.29, 0.717) is 0 Å². The summed E-state index contributed by atoms with van der Waals surface area (Å²) in [4.78, 5) is 0. The lowest BCUT2D eigenvalue weighted by molar-refractivity contribution is -0.0637. The standard InChI is InChI=1S/C6H11IO2/c1-4-5(2)9-6(3,7)8-4/h4-5H,1-3H3. The Labute approximate surface area is 69.0 Å². The van der Waals surface area contributed by atoms with Crippen molar-refractivity contribution in [2.45, 2.75) is 36.8 Å². The molecule has 1 saturated heterocycles. The molecule has 0 aromatic heterocycles. The second-order valence-electron chi connectivity index (χ2n) is 2.48. The van der Waals surface area contributed by atoms with Crippen LogP contribution >= 0.6 is 22.6 Å². The van der Waals surface area contributed by atoms with E-state index in [4.69, 9.17) is 9.47 Å². The summed E-state index contributed by atoms with van der Waals surface area (Å²) in [5, 5.41) is 0. The van der Waals surface area contributed by atoms with Crippen LogP contribution in [-0.2, 0) is 9.47 Å². The lowest BCUT2D eigenvalue weighted by Crippen LogP contribution is -2.15. The Morgan fingerprint density at radius 1 is 1.22 bits per heavy atom. The maximum Gasteiger partial charge on any atom is 0.219 e. The van der Waals surface area contributed by atoms with E-state index >= 15 is 0 Å². The topological polar surface area (TPSA) is 18.5 Å². The van der Waals surface area contributed by atoms with Gasteiger partial charge in [0.1, 0.15) is 0 Å². The second-order valence-corrected chi connectivity index (χ2v) is 4.44. The zero-order valence-electron chi connectivity index (χ0n) is 5.85. The van der Waals surface area contributed by atoms with Crippen molar-refractivity contribution >= 4 is 22.6 Å². The monoisotopic (exact) mass is 242 g/mol. The molecule has 1 fully saturated rings. The van der Waals surface area contributed by atoms with Crippen LogP contribution in [0.4, 0.5) is 0 Å². The molecule has 1 aliphatic heterocycles. The Morgan fingerprint density at radius 3 is 1.67 bits per heavy atom. The number of rotatable bonds is 0. The van der Waals surface area contributed by atoms with E-state index in [0.717, 1.165) is 0 Å². The summed E-state index contributed by atoms with van der Waals surface area (Å²) < 4.78 is 10.5. The van der Waals surface area contributed by atoms with Crippen molar-refractivity contribution in [1.29, 1.82) is 0 Å². The average Bonchev–Trinajstić information content (AvgIpc) is 1.79. The zero-order chi connectivity index (χ0) is 7.07. The molecule has 0 aromatic carbocycles. The van der Waals surface area contributed by atoms with Gasteiger partial charge < -0.3 is 9.47 Å². The third-order valence-electron chi connectivity index (χ3n) is 1.45. The van der Waals surface area contributed by atoms with Gasteiger partial charge in [-0.2, -0.15) is 0 Å². The van der Waals surface area contributed by atoms with Crippen LogP contribution in [0.3, 0.4) is 0 Å². The van der Waals surface area contributed by atoms with Crippen molar-refractivity contribution in [3.8, 4) is 0 Å². The quantitative estimate of drug-likeness (QED) is 0.477. The van der Waals surface area contributed by atoms with Gasteiger partial charge in [0.25, 0.3) is 0 Å². The van der Waals surface area contributed by atoms with Gasteiger partial charge in [0.2, 0.25) is 3.79 Å². The Kier molecular flexibility index (Phi) is 2.03. The van der Waals surface area contributed by atoms with E-state index in [2.05, 4.69) is 22.6 Å². The molecule has 2 unspecified atom stereocenters. The largest absolute Gasteiger partial charge is 0.336 e. The summed E-state index contributed by atoms with van der Waals surface area (Å²) in [6, 6.07) is 0. The summed E-state index contributed by atoms with van der Waals surface area (Å²) in [5.41, 5.74) is 0. The van der Waals surface area contributed by atoms with Gasteiger partial charge in [-0.15, -0.1) is 0 Å². The zero-order valence-corrected chi connectivity index (χ0v) is 8.01. The van der Waals surface area contributed by atoms with Gasteiger partial charge in [0.05, 0.1) is 12.2 Å². The van der Waals surface area contributed by atoms with E-state index in [1.54, 1.807) is 0 Å². The summed E-state index contributed by atoms with van der Waals surface area (Å²) in [5.74, 6) is 0. The maximum atomic E-state index is 5.43. The molecule has 3 heteroatoms. The first-order chi connectivity index (χ1) is 4.01. The summed E-state index contributed by atoms with van der Waals surface area (Å²) in [6.07, 6.45) is 0.457. The van der Waals surface area contributed by atoms with Crippen LogP contribution in [0.1, 0.15) is 20.8 Å². The molecule has 0 bridgehead atoms. The fraction of sp³-hybridized carbons (Fsp3) is 1.00. The third-order valence-corrected chi connectivity index (χ3v) is 1.96. The summed E-state index contributed by atoms with van der Waals surface area (Å²) >= 11 is 2.15. The molecule has 1 aliphatic rings. The third kappa shape index (κ3) is 1.78. The Balaban J connectivity index is 2.54. The van der Waals surface area contributed by atoms with Crippen LogP contribution in [0.2, 0.25) is 0 Å². The molecular weight excluding hydrogens is 231 g/mol. The molecule has 0 radical (unpaired) electrons. The van der Waals surface area contributed by atoms with E-state index in [1.165, 1.54) is 0 Å². The molecule has 2 atom stereocenters. The summed E-state index contributed by atoms with van der Waals surface area (Å²) in [6.45, 7) is 5.97. The van der Waals surface area contributed by atoms with Crippen LogP contribution < -0.4 is 0 Å². The molecule has 0 amide bonds. The van der Waals surface area contributed by atoms with Crippen molar-refractivity contribution in [2.75, 3.05) is 0 Å². The van der Waals surface area contributed by atoms with Crippen molar-refractivity contribution in [3.05, 3.63) is 0 Å². The van der Waals surface area contributed by atoms with Crippen LogP contribution in [0.5, 0.6) is 0 Å². The number of hydrogen-bond donors (Lipinski definition) is 0. The molecule has 54 valence electrons. The van der Waals surface area contributed by atoms with Gasteiger partial charge in [-0.3, -0.25) is 0 Å². The first-order valence-corrected chi connectivity index (χ1v) is 4.14. The fourth-order valence-electron chi connectivity index (χ4n) is 0.884. The van der Waals surface area contributed by atoms with Crippen LogP contribution in [-0.4, -0.2) is 16.0 Å². The predicted molar refractivity (Wildman–Crippen MR) is 43.5 cm³/mol. The average molecular weight is 242 g/mol. The minimum atomic E-state index is -0.392. The number of hydrogen-bond acceptors (Lipinski definition) is 2. The maximum absolute atomic E-state index is 5.43. The molecule has 0 spiro atoms. The normalized spacial score (nSPS) is 52.0. The molecule has 1 rings (SSSR count). The Bertz CT molecular complexity index is 102. The van der Waals surface area contributed by atoms with Gasteiger partial charge >= 0.3 is 0 Å². The molecular formula is C6H11IO2. The number of ether oxygens (including phenoxy) is 2. The van der Waals surface area contributed by atoms with Crippen molar-refractivity contribution in [1.82, 2.24) is 0 Å². The smallest absolute Gasteiger partial charge is 0.219 e. The highest BCUT2D eigenvalue weighted by Gasteiger charge is 2.37. The molecule has 0 aliphatic carbocycles. The second kappa shape index (κ2) is 2.36. The van der Waals surface area contributed by atoms with Crippen LogP contribution in [0.25, 0.3) is 0 Å². The molecule has 0 saturated carbocycles. The highest BCUT2D eigenvalue weighted by Crippen LogP contribution is 2.33. The minimum Gasteiger partial charge on any atom is -0.336 e. The predicted octanol–water partition coefficient (Wildman–Crippen LogP) is 1.92. The van der Waals surface area contributed by atoms with Gasteiger partial charge in [-0.25, -0.2) is 0 Å². The van der Waals surface area contributed by atoms with E-state index in [9.17, 15) is 0 Å². The van der Waals surface area contributed by atoms with Gasteiger partial charge in [0, 0.05) is 0 Å². The van der Waals surface area contributed by atoms with Crippen molar-refractivity contribution < 1.29 is 9.47 Å². The number of alkyl halides is 1.